The Kier molecular flexibility index (Phi) is 4.53. The highest BCUT2D eigenvalue weighted by atomic mass is 14.9. The summed E-state index contributed by atoms with van der Waals surface area (Å²) < 4.78 is 0. The molecule has 112 valence electrons. The first-order chi connectivity index (χ1) is 9.88. The summed E-state index contributed by atoms with van der Waals surface area (Å²) in [6, 6.07) is 9.11. The van der Waals surface area contributed by atoms with Gasteiger partial charge in [-0.25, -0.2) is 0 Å². The van der Waals surface area contributed by atoms with Gasteiger partial charge in [0.1, 0.15) is 0 Å². The Labute approximate surface area is 129 Å². The molecule has 0 amide bonds. The highest BCUT2D eigenvalue weighted by Gasteiger charge is 2.20. The summed E-state index contributed by atoms with van der Waals surface area (Å²) >= 11 is 0. The molecule has 0 fully saturated rings. The number of hydrogen-bond donors (Lipinski definition) is 1. The van der Waals surface area contributed by atoms with Gasteiger partial charge in [0, 0.05) is 0 Å². The van der Waals surface area contributed by atoms with E-state index in [0.717, 1.165) is 0 Å². The monoisotopic (exact) mass is 281 g/mol. The van der Waals surface area contributed by atoms with E-state index in [4.69, 9.17) is 0 Å². The Morgan fingerprint density at radius 2 is 1.10 bits per heavy atom. The lowest BCUT2D eigenvalue weighted by Gasteiger charge is -2.26. The SMILES string of the molecule is CNC(c1ccc(C)cc1)c1c(C)c(C)c(C)c(C)c1C. The smallest absolute Gasteiger partial charge is 0.0579 e. The molecule has 0 aromatic heterocycles. The van der Waals surface area contributed by atoms with Crippen molar-refractivity contribution in [3.63, 3.8) is 0 Å². The van der Waals surface area contributed by atoms with Crippen LogP contribution in [-0.4, -0.2) is 7.05 Å². The van der Waals surface area contributed by atoms with Crippen molar-refractivity contribution in [2.45, 2.75) is 47.6 Å². The Bertz CT molecular complexity index is 622. The number of aryl methyl sites for hydroxylation is 1. The van der Waals surface area contributed by atoms with E-state index in [-0.39, 0.29) is 6.04 Å². The van der Waals surface area contributed by atoms with Gasteiger partial charge in [0.25, 0.3) is 0 Å². The molecule has 1 atom stereocenters. The zero-order valence-corrected chi connectivity index (χ0v) is 14.4. The third-order valence-electron chi connectivity index (χ3n) is 5.05. The van der Waals surface area contributed by atoms with Crippen molar-refractivity contribution in [1.82, 2.24) is 5.32 Å². The first-order valence-electron chi connectivity index (χ1n) is 7.69. The van der Waals surface area contributed by atoms with Gasteiger partial charge in [0.15, 0.2) is 0 Å². The first kappa shape index (κ1) is 15.8. The molecule has 0 heterocycles. The van der Waals surface area contributed by atoms with Gasteiger partial charge in [-0.1, -0.05) is 29.8 Å². The molecular formula is C20H27N. The second-order valence-electron chi connectivity index (χ2n) is 6.17. The van der Waals surface area contributed by atoms with Crippen LogP contribution in [0.25, 0.3) is 0 Å². The summed E-state index contributed by atoms with van der Waals surface area (Å²) in [5.41, 5.74) is 11.1. The van der Waals surface area contributed by atoms with Crippen LogP contribution in [0.3, 0.4) is 0 Å². The average Bonchev–Trinajstić information content (AvgIpc) is 2.49. The lowest BCUT2D eigenvalue weighted by atomic mass is 9.84. The molecule has 2 rings (SSSR count). The summed E-state index contributed by atoms with van der Waals surface area (Å²) in [5.74, 6) is 0. The maximum Gasteiger partial charge on any atom is 0.0579 e. The third kappa shape index (κ3) is 2.75. The van der Waals surface area contributed by atoms with E-state index in [1.165, 1.54) is 44.5 Å². The van der Waals surface area contributed by atoms with Crippen molar-refractivity contribution in [3.8, 4) is 0 Å². The van der Waals surface area contributed by atoms with E-state index in [2.05, 4.69) is 71.1 Å². The zero-order chi connectivity index (χ0) is 15.7. The second kappa shape index (κ2) is 6.03. The fourth-order valence-corrected chi connectivity index (χ4v) is 3.20. The predicted octanol–water partition coefficient (Wildman–Crippen LogP) is 4.85. The number of hydrogen-bond acceptors (Lipinski definition) is 1. The summed E-state index contributed by atoms with van der Waals surface area (Å²) in [4.78, 5) is 0. The van der Waals surface area contributed by atoms with Crippen molar-refractivity contribution in [2.75, 3.05) is 7.05 Å². The van der Waals surface area contributed by atoms with Crippen LogP contribution < -0.4 is 5.32 Å². The van der Waals surface area contributed by atoms with Gasteiger partial charge in [-0.3, -0.25) is 0 Å². The maximum absolute atomic E-state index is 3.51. The first-order valence-corrected chi connectivity index (χ1v) is 7.69. The fraction of sp³-hybridized carbons (Fsp3) is 0.400. The molecule has 0 spiro atoms. The van der Waals surface area contributed by atoms with Crippen LogP contribution in [-0.2, 0) is 0 Å². The minimum absolute atomic E-state index is 0.253. The van der Waals surface area contributed by atoms with E-state index < -0.39 is 0 Å². The van der Waals surface area contributed by atoms with Gasteiger partial charge in [-0.05, 0) is 87.5 Å². The molecule has 0 saturated heterocycles. The third-order valence-corrected chi connectivity index (χ3v) is 5.05. The summed E-state index contributed by atoms with van der Waals surface area (Å²) in [6.45, 7) is 13.3. The van der Waals surface area contributed by atoms with Crippen molar-refractivity contribution in [1.29, 1.82) is 0 Å². The van der Waals surface area contributed by atoms with E-state index in [9.17, 15) is 0 Å². The normalized spacial score (nSPS) is 12.5. The van der Waals surface area contributed by atoms with Crippen molar-refractivity contribution >= 4 is 0 Å². The molecule has 1 heteroatoms. The largest absolute Gasteiger partial charge is 0.309 e. The quantitative estimate of drug-likeness (QED) is 0.848. The summed E-state index contributed by atoms with van der Waals surface area (Å²) in [7, 11) is 2.05. The van der Waals surface area contributed by atoms with Crippen LogP contribution in [0.5, 0.6) is 0 Å². The minimum Gasteiger partial charge on any atom is -0.309 e. The highest BCUT2D eigenvalue weighted by Crippen LogP contribution is 2.33. The zero-order valence-electron chi connectivity index (χ0n) is 14.4. The van der Waals surface area contributed by atoms with Crippen LogP contribution in [0, 0.1) is 41.5 Å². The molecule has 1 N–H and O–H groups in total. The Morgan fingerprint density at radius 3 is 1.52 bits per heavy atom. The predicted molar refractivity (Wildman–Crippen MR) is 92.2 cm³/mol. The van der Waals surface area contributed by atoms with Crippen LogP contribution >= 0.6 is 0 Å². The molecule has 2 aromatic carbocycles. The average molecular weight is 281 g/mol. The molecule has 0 aliphatic carbocycles. The van der Waals surface area contributed by atoms with E-state index in [1.807, 2.05) is 7.05 Å². The van der Waals surface area contributed by atoms with Gasteiger partial charge < -0.3 is 5.32 Å². The van der Waals surface area contributed by atoms with Gasteiger partial charge in [-0.2, -0.15) is 0 Å². The molecule has 1 unspecified atom stereocenters. The highest BCUT2D eigenvalue weighted by molar-refractivity contribution is 5.53. The van der Waals surface area contributed by atoms with E-state index in [1.54, 1.807) is 0 Å². The fourth-order valence-electron chi connectivity index (χ4n) is 3.20. The summed E-state index contributed by atoms with van der Waals surface area (Å²) in [5, 5.41) is 3.51. The van der Waals surface area contributed by atoms with Crippen LogP contribution in [0.2, 0.25) is 0 Å². The standard InChI is InChI=1S/C20H27N/c1-12-8-10-18(11-9-12)20(21-7)19-16(5)14(3)13(2)15(4)17(19)6/h8-11,20-21H,1-7H3. The molecule has 0 radical (unpaired) electrons. The van der Waals surface area contributed by atoms with Gasteiger partial charge in [0.2, 0.25) is 0 Å². The Hall–Kier alpha value is -1.60. The number of nitrogens with one attached hydrogen (secondary N) is 1. The molecule has 1 nitrogen and oxygen atoms in total. The molecule has 2 aromatic rings. The molecule has 0 bridgehead atoms. The minimum atomic E-state index is 0.253. The molecule has 0 aliphatic heterocycles. The maximum atomic E-state index is 3.51. The topological polar surface area (TPSA) is 12.0 Å². The van der Waals surface area contributed by atoms with Crippen molar-refractivity contribution in [2.24, 2.45) is 0 Å². The Morgan fingerprint density at radius 1 is 0.667 bits per heavy atom. The molecular weight excluding hydrogens is 254 g/mol. The molecule has 0 aliphatic rings. The summed E-state index contributed by atoms with van der Waals surface area (Å²) in [6.07, 6.45) is 0. The van der Waals surface area contributed by atoms with Gasteiger partial charge >= 0.3 is 0 Å². The lowest BCUT2D eigenvalue weighted by molar-refractivity contribution is 0.680. The van der Waals surface area contributed by atoms with Crippen LogP contribution in [0.1, 0.15) is 50.5 Å². The van der Waals surface area contributed by atoms with Gasteiger partial charge in [0.05, 0.1) is 6.04 Å². The van der Waals surface area contributed by atoms with Crippen molar-refractivity contribution in [3.05, 3.63) is 68.8 Å². The number of benzene rings is 2. The van der Waals surface area contributed by atoms with Gasteiger partial charge in [-0.15, -0.1) is 0 Å². The lowest BCUT2D eigenvalue weighted by Crippen LogP contribution is -2.21. The van der Waals surface area contributed by atoms with Crippen molar-refractivity contribution < 1.29 is 0 Å². The van der Waals surface area contributed by atoms with Crippen LogP contribution in [0.4, 0.5) is 0 Å². The Balaban J connectivity index is 2.65. The number of rotatable bonds is 3. The van der Waals surface area contributed by atoms with E-state index >= 15 is 0 Å². The van der Waals surface area contributed by atoms with Crippen LogP contribution in [0.15, 0.2) is 24.3 Å². The molecule has 0 saturated carbocycles. The van der Waals surface area contributed by atoms with E-state index in [0.29, 0.717) is 0 Å². The second-order valence-corrected chi connectivity index (χ2v) is 6.17. The molecule has 21 heavy (non-hydrogen) atoms.